The monoisotopic (exact) mass is 399 g/mol. The minimum Gasteiger partial charge on any atom is -0.508 e. The average molecular weight is 400 g/mol. The lowest BCUT2D eigenvalue weighted by molar-refractivity contribution is 0.0947. The maximum Gasteiger partial charge on any atom is 0.255 e. The van der Waals surface area contributed by atoms with Crippen molar-refractivity contribution >= 4 is 5.91 Å². The van der Waals surface area contributed by atoms with Crippen molar-refractivity contribution in [3.05, 3.63) is 46.1 Å². The molecule has 0 radical (unpaired) electrons. The van der Waals surface area contributed by atoms with Gasteiger partial charge in [0, 0.05) is 11.6 Å². The SMILES string of the molecule is CCCCCc1cc(O)c(CC=C(C)CCC=C(C)C)c(O)c1C(=O)NC1CC1. The zero-order chi connectivity index (χ0) is 21.4. The summed E-state index contributed by atoms with van der Waals surface area (Å²) in [5, 5.41) is 24.5. The largest absolute Gasteiger partial charge is 0.508 e. The van der Waals surface area contributed by atoms with Crippen LogP contribution in [0.3, 0.4) is 0 Å². The van der Waals surface area contributed by atoms with E-state index in [-0.39, 0.29) is 23.4 Å². The van der Waals surface area contributed by atoms with Crippen LogP contribution in [0.5, 0.6) is 11.5 Å². The summed E-state index contributed by atoms with van der Waals surface area (Å²) in [5.41, 5.74) is 4.03. The number of aromatic hydroxyl groups is 2. The summed E-state index contributed by atoms with van der Waals surface area (Å²) in [5.74, 6) is -0.213. The van der Waals surface area contributed by atoms with E-state index in [0.29, 0.717) is 24.0 Å². The van der Waals surface area contributed by atoms with E-state index in [1.54, 1.807) is 6.07 Å². The van der Waals surface area contributed by atoms with E-state index < -0.39 is 0 Å². The maximum atomic E-state index is 12.8. The fourth-order valence-electron chi connectivity index (χ4n) is 3.42. The highest BCUT2D eigenvalue weighted by Crippen LogP contribution is 2.36. The average Bonchev–Trinajstić information content (AvgIpc) is 3.45. The molecule has 0 aromatic heterocycles. The van der Waals surface area contributed by atoms with Gasteiger partial charge in [0.1, 0.15) is 11.5 Å². The third-order valence-corrected chi connectivity index (χ3v) is 5.40. The predicted octanol–water partition coefficient (Wildman–Crippen LogP) is 5.96. The second-order valence-corrected chi connectivity index (χ2v) is 8.54. The number of carbonyl (C=O) groups excluding carboxylic acids is 1. The molecule has 0 heterocycles. The summed E-state index contributed by atoms with van der Waals surface area (Å²) in [6.45, 7) is 8.37. The Morgan fingerprint density at radius 3 is 2.52 bits per heavy atom. The van der Waals surface area contributed by atoms with Gasteiger partial charge in [0.25, 0.3) is 5.91 Å². The van der Waals surface area contributed by atoms with Crippen molar-refractivity contribution < 1.29 is 15.0 Å². The molecular formula is C25H37NO3. The van der Waals surface area contributed by atoms with Gasteiger partial charge in [-0.25, -0.2) is 0 Å². The van der Waals surface area contributed by atoms with Gasteiger partial charge in [0.05, 0.1) is 5.56 Å². The van der Waals surface area contributed by atoms with Crippen LogP contribution in [0, 0.1) is 0 Å². The quantitative estimate of drug-likeness (QED) is 0.318. The van der Waals surface area contributed by atoms with Gasteiger partial charge in [0.2, 0.25) is 0 Å². The second-order valence-electron chi connectivity index (χ2n) is 8.54. The van der Waals surface area contributed by atoms with Crippen LogP contribution < -0.4 is 5.32 Å². The number of allylic oxidation sites excluding steroid dienone is 4. The van der Waals surface area contributed by atoms with E-state index in [1.165, 1.54) is 11.1 Å². The molecule has 3 N–H and O–H groups in total. The molecule has 160 valence electrons. The Morgan fingerprint density at radius 2 is 1.90 bits per heavy atom. The van der Waals surface area contributed by atoms with Crippen LogP contribution in [-0.2, 0) is 12.8 Å². The summed E-state index contributed by atoms with van der Waals surface area (Å²) in [6.07, 6.45) is 12.3. The minimum atomic E-state index is -0.220. The Balaban J connectivity index is 2.24. The smallest absolute Gasteiger partial charge is 0.255 e. The fourth-order valence-corrected chi connectivity index (χ4v) is 3.42. The molecule has 1 saturated carbocycles. The Bertz CT molecular complexity index is 769. The van der Waals surface area contributed by atoms with Crippen LogP contribution in [0.15, 0.2) is 29.4 Å². The zero-order valence-electron chi connectivity index (χ0n) is 18.5. The first-order chi connectivity index (χ1) is 13.8. The number of phenols is 2. The van der Waals surface area contributed by atoms with Gasteiger partial charge in [-0.1, -0.05) is 43.1 Å². The Labute approximate surface area is 175 Å². The molecule has 4 nitrogen and oxygen atoms in total. The lowest BCUT2D eigenvalue weighted by Crippen LogP contribution is -2.26. The minimum absolute atomic E-state index is 0.0667. The summed E-state index contributed by atoms with van der Waals surface area (Å²) < 4.78 is 0. The van der Waals surface area contributed by atoms with Crippen molar-refractivity contribution in [1.29, 1.82) is 0 Å². The first-order valence-electron chi connectivity index (χ1n) is 11.0. The molecule has 1 amide bonds. The Hall–Kier alpha value is -2.23. The summed E-state index contributed by atoms with van der Waals surface area (Å²) in [4.78, 5) is 12.8. The van der Waals surface area contributed by atoms with Gasteiger partial charge in [-0.3, -0.25) is 4.79 Å². The van der Waals surface area contributed by atoms with Crippen LogP contribution in [-0.4, -0.2) is 22.2 Å². The Morgan fingerprint density at radius 1 is 1.17 bits per heavy atom. The summed E-state index contributed by atoms with van der Waals surface area (Å²) >= 11 is 0. The van der Waals surface area contributed by atoms with Crippen molar-refractivity contribution in [3.8, 4) is 11.5 Å². The van der Waals surface area contributed by atoms with E-state index in [4.69, 9.17) is 0 Å². The molecule has 0 aliphatic heterocycles. The van der Waals surface area contributed by atoms with Crippen LogP contribution >= 0.6 is 0 Å². The molecule has 1 aliphatic rings. The number of unbranched alkanes of at least 4 members (excludes halogenated alkanes) is 2. The molecular weight excluding hydrogens is 362 g/mol. The normalized spacial score (nSPS) is 14.0. The maximum absolute atomic E-state index is 12.8. The molecule has 29 heavy (non-hydrogen) atoms. The third kappa shape index (κ3) is 7.26. The standard InChI is InChI=1S/C25H37NO3/c1-5-6-7-11-19-16-22(27)21(15-12-18(4)10-8-9-17(2)3)24(28)23(19)25(29)26-20-13-14-20/h9,12,16,20,27-28H,5-8,10-11,13-15H2,1-4H3,(H,26,29). The number of carbonyl (C=O) groups is 1. The number of aryl methyl sites for hydroxylation is 1. The first-order valence-corrected chi connectivity index (χ1v) is 11.0. The van der Waals surface area contributed by atoms with Gasteiger partial charge in [-0.05, 0) is 77.3 Å². The number of rotatable bonds is 11. The van der Waals surface area contributed by atoms with Gasteiger partial charge < -0.3 is 15.5 Å². The Kier molecular flexibility index (Phi) is 8.81. The molecule has 2 rings (SSSR count). The van der Waals surface area contributed by atoms with Gasteiger partial charge in [0.15, 0.2) is 0 Å². The topological polar surface area (TPSA) is 69.6 Å². The zero-order valence-corrected chi connectivity index (χ0v) is 18.5. The van der Waals surface area contributed by atoms with Crippen molar-refractivity contribution in [2.24, 2.45) is 0 Å². The predicted molar refractivity (Wildman–Crippen MR) is 120 cm³/mol. The molecule has 0 saturated heterocycles. The van der Waals surface area contributed by atoms with Crippen LogP contribution in [0.1, 0.15) is 94.1 Å². The third-order valence-electron chi connectivity index (χ3n) is 5.40. The van der Waals surface area contributed by atoms with Gasteiger partial charge in [-0.2, -0.15) is 0 Å². The number of amides is 1. The summed E-state index contributed by atoms with van der Waals surface area (Å²) in [6, 6.07) is 1.90. The van der Waals surface area contributed by atoms with Crippen molar-refractivity contribution in [2.45, 2.75) is 91.5 Å². The lowest BCUT2D eigenvalue weighted by Gasteiger charge is -2.16. The van der Waals surface area contributed by atoms with Crippen LogP contribution in [0.25, 0.3) is 0 Å². The van der Waals surface area contributed by atoms with Gasteiger partial charge in [-0.15, -0.1) is 0 Å². The molecule has 0 atom stereocenters. The molecule has 0 unspecified atom stereocenters. The highest BCUT2D eigenvalue weighted by Gasteiger charge is 2.28. The molecule has 4 heteroatoms. The summed E-state index contributed by atoms with van der Waals surface area (Å²) in [7, 11) is 0. The van der Waals surface area contributed by atoms with E-state index in [1.807, 2.05) is 6.08 Å². The van der Waals surface area contributed by atoms with Crippen molar-refractivity contribution in [1.82, 2.24) is 5.32 Å². The number of hydrogen-bond acceptors (Lipinski definition) is 3. The van der Waals surface area contributed by atoms with E-state index in [9.17, 15) is 15.0 Å². The van der Waals surface area contributed by atoms with Crippen molar-refractivity contribution in [2.75, 3.05) is 0 Å². The molecule has 1 aromatic carbocycles. The number of hydrogen-bond donors (Lipinski definition) is 3. The number of phenolic OH excluding ortho intramolecular Hbond substituents is 2. The van der Waals surface area contributed by atoms with Crippen LogP contribution in [0.2, 0.25) is 0 Å². The van der Waals surface area contributed by atoms with E-state index in [2.05, 4.69) is 39.1 Å². The van der Waals surface area contributed by atoms with Crippen LogP contribution in [0.4, 0.5) is 0 Å². The number of benzene rings is 1. The molecule has 0 spiro atoms. The van der Waals surface area contributed by atoms with Gasteiger partial charge >= 0.3 is 0 Å². The number of nitrogens with one attached hydrogen (secondary N) is 1. The van der Waals surface area contributed by atoms with E-state index in [0.717, 1.165) is 50.5 Å². The highest BCUT2D eigenvalue weighted by molar-refractivity contribution is 5.99. The molecule has 0 bridgehead atoms. The highest BCUT2D eigenvalue weighted by atomic mass is 16.3. The van der Waals surface area contributed by atoms with Crippen molar-refractivity contribution in [3.63, 3.8) is 0 Å². The molecule has 1 aromatic rings. The lowest BCUT2D eigenvalue weighted by atomic mass is 9.94. The molecule has 1 fully saturated rings. The first kappa shape index (κ1) is 23.1. The second kappa shape index (κ2) is 11.1. The van der Waals surface area contributed by atoms with E-state index >= 15 is 0 Å². The fraction of sp³-hybridized carbons (Fsp3) is 0.560. The molecule has 1 aliphatic carbocycles.